The molecule has 0 aliphatic heterocycles. The molecule has 0 aliphatic carbocycles. The molecule has 0 bridgehead atoms. The second kappa shape index (κ2) is 10.2. The molecule has 2 aromatic carbocycles. The number of rotatable bonds is 9. The van der Waals surface area contributed by atoms with Gasteiger partial charge in [-0.1, -0.05) is 31.2 Å². The van der Waals surface area contributed by atoms with E-state index in [1.165, 1.54) is 17.0 Å². The number of nitrogens with zero attached hydrogens (tertiary/aromatic N) is 2. The van der Waals surface area contributed by atoms with Crippen molar-refractivity contribution in [3.05, 3.63) is 63.7 Å². The number of carbonyl (C=O) groups is 2. The van der Waals surface area contributed by atoms with Gasteiger partial charge in [0.05, 0.1) is 17.0 Å². The largest absolute Gasteiger partial charge is 0.483 e. The summed E-state index contributed by atoms with van der Waals surface area (Å²) in [7, 11) is 0. The summed E-state index contributed by atoms with van der Waals surface area (Å²) in [4.78, 5) is 36.9. The Morgan fingerprint density at radius 3 is 2.52 bits per heavy atom. The number of para-hydroxylation sites is 1. The zero-order valence-electron chi connectivity index (χ0n) is 16.8. The Bertz CT molecular complexity index is 898. The van der Waals surface area contributed by atoms with Gasteiger partial charge in [-0.2, -0.15) is 0 Å². The molecule has 0 heterocycles. The number of hydrogen-bond donors (Lipinski definition) is 1. The standard InChI is InChI=1S/C21H25N3O5/c1-4-12-23(13-20(25)22-17-9-6-5-8-15(17)2)21(26)14-29-19-11-7-10-18(16(19)3)24(27)28/h5-11H,4,12-14H2,1-3H3,(H,22,25). The fourth-order valence-corrected chi connectivity index (χ4v) is 2.83. The fraction of sp³-hybridized carbons (Fsp3) is 0.333. The summed E-state index contributed by atoms with van der Waals surface area (Å²) in [6.45, 7) is 5.36. The zero-order chi connectivity index (χ0) is 21.4. The molecular formula is C21H25N3O5. The predicted molar refractivity (Wildman–Crippen MR) is 110 cm³/mol. The van der Waals surface area contributed by atoms with Crippen LogP contribution >= 0.6 is 0 Å². The van der Waals surface area contributed by atoms with Crippen LogP contribution < -0.4 is 10.1 Å². The van der Waals surface area contributed by atoms with Crippen molar-refractivity contribution in [2.24, 2.45) is 0 Å². The Morgan fingerprint density at radius 1 is 1.14 bits per heavy atom. The molecule has 29 heavy (non-hydrogen) atoms. The number of nitrogens with one attached hydrogen (secondary N) is 1. The van der Waals surface area contributed by atoms with Crippen LogP contribution in [0.4, 0.5) is 11.4 Å². The van der Waals surface area contributed by atoms with Gasteiger partial charge >= 0.3 is 0 Å². The molecule has 0 saturated carbocycles. The predicted octanol–water partition coefficient (Wildman–Crippen LogP) is 3.47. The van der Waals surface area contributed by atoms with E-state index in [-0.39, 0.29) is 36.4 Å². The van der Waals surface area contributed by atoms with Crippen LogP contribution in [0.3, 0.4) is 0 Å². The summed E-state index contributed by atoms with van der Waals surface area (Å²) in [6.07, 6.45) is 0.680. The van der Waals surface area contributed by atoms with Crippen LogP contribution in [0, 0.1) is 24.0 Å². The lowest BCUT2D eigenvalue weighted by Crippen LogP contribution is -2.41. The number of nitro groups is 1. The Labute approximate surface area is 169 Å². The lowest BCUT2D eigenvalue weighted by atomic mass is 10.2. The van der Waals surface area contributed by atoms with Crippen LogP contribution in [0.2, 0.25) is 0 Å². The van der Waals surface area contributed by atoms with Crippen molar-refractivity contribution in [1.29, 1.82) is 0 Å². The first kappa shape index (κ1) is 21.9. The molecule has 0 saturated heterocycles. The van der Waals surface area contributed by atoms with Crippen LogP contribution in [-0.4, -0.2) is 41.3 Å². The Hall–Kier alpha value is -3.42. The van der Waals surface area contributed by atoms with Crippen LogP contribution in [0.15, 0.2) is 42.5 Å². The summed E-state index contributed by atoms with van der Waals surface area (Å²) < 4.78 is 5.51. The van der Waals surface area contributed by atoms with Gasteiger partial charge in [-0.25, -0.2) is 0 Å². The van der Waals surface area contributed by atoms with Crippen molar-refractivity contribution in [3.8, 4) is 5.75 Å². The average molecular weight is 399 g/mol. The van der Waals surface area contributed by atoms with Crippen molar-refractivity contribution < 1.29 is 19.2 Å². The van der Waals surface area contributed by atoms with Gasteiger partial charge in [0.1, 0.15) is 5.75 Å². The minimum Gasteiger partial charge on any atom is -0.483 e. The van der Waals surface area contributed by atoms with E-state index in [1.807, 2.05) is 32.0 Å². The van der Waals surface area contributed by atoms with Gasteiger partial charge in [-0.3, -0.25) is 19.7 Å². The van der Waals surface area contributed by atoms with Gasteiger partial charge in [0.2, 0.25) is 5.91 Å². The monoisotopic (exact) mass is 399 g/mol. The van der Waals surface area contributed by atoms with Crippen molar-refractivity contribution in [2.75, 3.05) is 25.0 Å². The molecular weight excluding hydrogens is 374 g/mol. The first-order chi connectivity index (χ1) is 13.8. The number of anilines is 1. The maximum atomic E-state index is 12.6. The molecule has 154 valence electrons. The second-order valence-electron chi connectivity index (χ2n) is 6.62. The number of hydrogen-bond acceptors (Lipinski definition) is 5. The highest BCUT2D eigenvalue weighted by Gasteiger charge is 2.19. The van der Waals surface area contributed by atoms with E-state index < -0.39 is 4.92 Å². The summed E-state index contributed by atoms with van der Waals surface area (Å²) in [5, 5.41) is 13.8. The van der Waals surface area contributed by atoms with Crippen LogP contribution in [-0.2, 0) is 9.59 Å². The first-order valence-electron chi connectivity index (χ1n) is 9.33. The maximum absolute atomic E-state index is 12.6. The molecule has 0 radical (unpaired) electrons. The molecule has 0 aromatic heterocycles. The Kier molecular flexibility index (Phi) is 7.70. The number of amides is 2. The summed E-state index contributed by atoms with van der Waals surface area (Å²) in [5.41, 5.74) is 1.91. The van der Waals surface area contributed by atoms with Gasteiger partial charge in [0.15, 0.2) is 6.61 Å². The lowest BCUT2D eigenvalue weighted by molar-refractivity contribution is -0.385. The normalized spacial score (nSPS) is 10.3. The average Bonchev–Trinajstić information content (AvgIpc) is 2.68. The van der Waals surface area contributed by atoms with Gasteiger partial charge in [-0.05, 0) is 38.0 Å². The third kappa shape index (κ3) is 6.03. The summed E-state index contributed by atoms with van der Waals surface area (Å²) in [6, 6.07) is 11.9. The highest BCUT2D eigenvalue weighted by atomic mass is 16.6. The smallest absolute Gasteiger partial charge is 0.276 e. The molecule has 0 aliphatic rings. The van der Waals surface area contributed by atoms with E-state index in [0.717, 1.165) is 5.56 Å². The quantitative estimate of drug-likeness (QED) is 0.514. The molecule has 8 heteroatoms. The second-order valence-corrected chi connectivity index (χ2v) is 6.62. The molecule has 2 aromatic rings. The van der Waals surface area contributed by atoms with Gasteiger partial charge in [0, 0.05) is 18.3 Å². The number of ether oxygens (including phenoxy) is 1. The van der Waals surface area contributed by atoms with E-state index in [2.05, 4.69) is 5.32 Å². The van der Waals surface area contributed by atoms with Crippen LogP contribution in [0.5, 0.6) is 5.75 Å². The molecule has 0 fully saturated rings. The van der Waals surface area contributed by atoms with Crippen molar-refractivity contribution in [1.82, 2.24) is 4.90 Å². The molecule has 2 amide bonds. The lowest BCUT2D eigenvalue weighted by Gasteiger charge is -2.22. The minimum atomic E-state index is -0.497. The number of aryl methyl sites for hydroxylation is 1. The molecule has 8 nitrogen and oxygen atoms in total. The van der Waals surface area contributed by atoms with Crippen molar-refractivity contribution >= 4 is 23.2 Å². The molecule has 2 rings (SSSR count). The van der Waals surface area contributed by atoms with E-state index in [0.29, 0.717) is 24.2 Å². The third-order valence-corrected chi connectivity index (χ3v) is 4.40. The SMILES string of the molecule is CCCN(CC(=O)Nc1ccccc1C)C(=O)COc1cccc([N+](=O)[O-])c1C. The highest BCUT2D eigenvalue weighted by molar-refractivity contribution is 5.95. The highest BCUT2D eigenvalue weighted by Crippen LogP contribution is 2.27. The Morgan fingerprint density at radius 2 is 1.86 bits per heavy atom. The number of carbonyl (C=O) groups excluding carboxylic acids is 2. The van der Waals surface area contributed by atoms with Gasteiger partial charge in [0.25, 0.3) is 11.6 Å². The molecule has 0 atom stereocenters. The fourth-order valence-electron chi connectivity index (χ4n) is 2.83. The van der Waals surface area contributed by atoms with E-state index in [1.54, 1.807) is 19.1 Å². The summed E-state index contributed by atoms with van der Waals surface area (Å²) >= 11 is 0. The van der Waals surface area contributed by atoms with Gasteiger partial charge in [-0.15, -0.1) is 0 Å². The number of nitro benzene ring substituents is 1. The first-order valence-corrected chi connectivity index (χ1v) is 9.33. The molecule has 1 N–H and O–H groups in total. The minimum absolute atomic E-state index is 0.0713. The Balaban J connectivity index is 2.00. The number of benzene rings is 2. The van der Waals surface area contributed by atoms with Crippen LogP contribution in [0.1, 0.15) is 24.5 Å². The van der Waals surface area contributed by atoms with Gasteiger partial charge < -0.3 is 15.0 Å². The van der Waals surface area contributed by atoms with E-state index in [4.69, 9.17) is 4.74 Å². The van der Waals surface area contributed by atoms with E-state index in [9.17, 15) is 19.7 Å². The van der Waals surface area contributed by atoms with Crippen molar-refractivity contribution in [2.45, 2.75) is 27.2 Å². The zero-order valence-corrected chi connectivity index (χ0v) is 16.8. The molecule has 0 unspecified atom stereocenters. The maximum Gasteiger partial charge on any atom is 0.276 e. The topological polar surface area (TPSA) is 102 Å². The van der Waals surface area contributed by atoms with Crippen molar-refractivity contribution in [3.63, 3.8) is 0 Å². The summed E-state index contributed by atoms with van der Waals surface area (Å²) in [5.74, 6) is -0.390. The van der Waals surface area contributed by atoms with E-state index >= 15 is 0 Å². The van der Waals surface area contributed by atoms with Crippen LogP contribution in [0.25, 0.3) is 0 Å². The molecule has 0 spiro atoms. The third-order valence-electron chi connectivity index (χ3n) is 4.40.